The Morgan fingerprint density at radius 1 is 1.12 bits per heavy atom. The second-order valence-electron chi connectivity index (χ2n) is 8.99. The van der Waals surface area contributed by atoms with Crippen LogP contribution in [0, 0.1) is 12.8 Å². The Kier molecular flexibility index (Phi) is 7.95. The molecule has 1 unspecified atom stereocenters. The Bertz CT molecular complexity index is 1060. The molecule has 0 aliphatic heterocycles. The number of benzene rings is 2. The first-order valence-electron chi connectivity index (χ1n) is 11.3. The molecule has 0 fully saturated rings. The predicted molar refractivity (Wildman–Crippen MR) is 132 cm³/mol. The van der Waals surface area contributed by atoms with Gasteiger partial charge >= 0.3 is 0 Å². The van der Waals surface area contributed by atoms with E-state index in [4.69, 9.17) is 14.6 Å². The Hall–Kier alpha value is -3.09. The third-order valence-electron chi connectivity index (χ3n) is 5.40. The lowest BCUT2D eigenvalue weighted by atomic mass is 10.0. The molecule has 6 heteroatoms. The van der Waals surface area contributed by atoms with Crippen LogP contribution in [-0.2, 0) is 6.54 Å². The maximum atomic E-state index is 10.7. The molecular formula is C27H35N3O3. The van der Waals surface area contributed by atoms with Crippen LogP contribution in [0.25, 0.3) is 5.69 Å². The van der Waals surface area contributed by atoms with Gasteiger partial charge in [0.05, 0.1) is 29.7 Å². The highest BCUT2D eigenvalue weighted by Crippen LogP contribution is 2.36. The van der Waals surface area contributed by atoms with Gasteiger partial charge in [0.1, 0.15) is 0 Å². The molecule has 0 saturated heterocycles. The Morgan fingerprint density at radius 2 is 1.76 bits per heavy atom. The molecule has 0 aliphatic carbocycles. The van der Waals surface area contributed by atoms with Crippen molar-refractivity contribution in [3.63, 3.8) is 0 Å². The molecule has 1 N–H and O–H groups in total. The fourth-order valence-electron chi connectivity index (χ4n) is 3.82. The predicted octanol–water partition coefficient (Wildman–Crippen LogP) is 5.38. The molecule has 3 aromatic rings. The van der Waals surface area contributed by atoms with Crippen LogP contribution < -0.4 is 9.47 Å². The Labute approximate surface area is 197 Å². The maximum absolute atomic E-state index is 10.7. The number of ether oxygens (including phenoxy) is 2. The fourth-order valence-corrected chi connectivity index (χ4v) is 3.82. The monoisotopic (exact) mass is 449 g/mol. The average molecular weight is 450 g/mol. The molecule has 1 heterocycles. The molecule has 0 saturated carbocycles. The minimum Gasteiger partial charge on any atom is -0.493 e. The van der Waals surface area contributed by atoms with E-state index in [9.17, 15) is 5.11 Å². The van der Waals surface area contributed by atoms with E-state index in [0.717, 1.165) is 23.5 Å². The first-order chi connectivity index (χ1) is 15.7. The smallest absolute Gasteiger partial charge is 0.227 e. The number of aromatic nitrogens is 2. The van der Waals surface area contributed by atoms with Crippen LogP contribution in [0.1, 0.15) is 32.0 Å². The molecule has 1 atom stereocenters. The van der Waals surface area contributed by atoms with E-state index in [1.807, 2.05) is 66.2 Å². The topological polar surface area (TPSA) is 59.8 Å². The highest BCUT2D eigenvalue weighted by molar-refractivity contribution is 5.47. The van der Waals surface area contributed by atoms with E-state index in [2.05, 4.69) is 25.3 Å². The average Bonchev–Trinajstić information content (AvgIpc) is 3.09. The van der Waals surface area contributed by atoms with Gasteiger partial charge in [-0.2, -0.15) is 5.10 Å². The van der Waals surface area contributed by atoms with E-state index in [1.54, 1.807) is 20.1 Å². The quantitative estimate of drug-likeness (QED) is 0.399. The van der Waals surface area contributed by atoms with E-state index in [-0.39, 0.29) is 0 Å². The van der Waals surface area contributed by atoms with Crippen molar-refractivity contribution in [1.29, 1.82) is 0 Å². The molecule has 33 heavy (non-hydrogen) atoms. The summed E-state index contributed by atoms with van der Waals surface area (Å²) in [7, 11) is 1.63. The molecule has 0 aliphatic rings. The normalized spacial score (nSPS) is 13.2. The summed E-state index contributed by atoms with van der Waals surface area (Å²) in [5.74, 6) is 2.33. The van der Waals surface area contributed by atoms with Crippen LogP contribution in [0.2, 0.25) is 0 Å². The van der Waals surface area contributed by atoms with Crippen molar-refractivity contribution in [3.8, 4) is 23.1 Å². The van der Waals surface area contributed by atoms with Gasteiger partial charge in [0.2, 0.25) is 5.88 Å². The first kappa shape index (κ1) is 24.6. The Morgan fingerprint density at radius 3 is 2.36 bits per heavy atom. The van der Waals surface area contributed by atoms with Crippen LogP contribution >= 0.6 is 0 Å². The van der Waals surface area contributed by atoms with Crippen molar-refractivity contribution in [1.82, 2.24) is 14.7 Å². The minimum atomic E-state index is -0.998. The number of rotatable bonds is 11. The van der Waals surface area contributed by atoms with Gasteiger partial charge in [0.25, 0.3) is 0 Å². The van der Waals surface area contributed by atoms with E-state index in [1.165, 1.54) is 0 Å². The zero-order valence-corrected chi connectivity index (χ0v) is 20.3. The molecule has 6 nitrogen and oxygen atoms in total. The molecule has 2 aromatic carbocycles. The lowest BCUT2D eigenvalue weighted by molar-refractivity contribution is 0.0537. The van der Waals surface area contributed by atoms with Crippen LogP contribution in [-0.4, -0.2) is 45.6 Å². The summed E-state index contributed by atoms with van der Waals surface area (Å²) < 4.78 is 13.8. The lowest BCUT2D eigenvalue weighted by Gasteiger charge is -2.31. The molecule has 176 valence electrons. The summed E-state index contributed by atoms with van der Waals surface area (Å²) in [6.07, 6.45) is 1.59. The van der Waals surface area contributed by atoms with Crippen molar-refractivity contribution in [3.05, 3.63) is 78.5 Å². The van der Waals surface area contributed by atoms with Crippen LogP contribution in [0.3, 0.4) is 0 Å². The second kappa shape index (κ2) is 10.7. The summed E-state index contributed by atoms with van der Waals surface area (Å²) >= 11 is 0. The highest BCUT2D eigenvalue weighted by atomic mass is 16.5. The van der Waals surface area contributed by atoms with Crippen molar-refractivity contribution >= 4 is 0 Å². The molecule has 1 aromatic heterocycles. The summed E-state index contributed by atoms with van der Waals surface area (Å²) in [6, 6.07) is 17.5. The summed E-state index contributed by atoms with van der Waals surface area (Å²) in [4.78, 5) is 2.22. The third kappa shape index (κ3) is 6.24. The van der Waals surface area contributed by atoms with Gasteiger partial charge in [-0.1, -0.05) is 50.3 Å². The van der Waals surface area contributed by atoms with Crippen LogP contribution in [0.15, 0.2) is 67.3 Å². The van der Waals surface area contributed by atoms with Gasteiger partial charge in [-0.25, -0.2) is 4.68 Å². The standard InChI is InChI=1S/C27H35N3O3/c1-7-27(5,31)19-29(17-20(2)3)18-23-21(4)28-30(22-13-9-8-10-14-22)26(23)33-25-16-12-11-15-24(25)32-6/h7-16,20,31H,1,17-19H2,2-6H3. The van der Waals surface area contributed by atoms with Gasteiger partial charge in [0.15, 0.2) is 11.5 Å². The molecule has 3 rings (SSSR count). The van der Waals surface area contributed by atoms with E-state index >= 15 is 0 Å². The molecular weight excluding hydrogens is 414 g/mol. The number of aliphatic hydroxyl groups is 1. The number of para-hydroxylation sites is 3. The minimum absolute atomic E-state index is 0.425. The first-order valence-corrected chi connectivity index (χ1v) is 11.3. The van der Waals surface area contributed by atoms with Gasteiger partial charge in [-0.15, -0.1) is 6.58 Å². The number of hydrogen-bond acceptors (Lipinski definition) is 5. The van der Waals surface area contributed by atoms with Crippen molar-refractivity contribution in [2.24, 2.45) is 5.92 Å². The van der Waals surface area contributed by atoms with Gasteiger partial charge in [0, 0.05) is 19.6 Å². The highest BCUT2D eigenvalue weighted by Gasteiger charge is 2.26. The summed E-state index contributed by atoms with van der Waals surface area (Å²) in [5, 5.41) is 15.5. The number of hydrogen-bond donors (Lipinski definition) is 1. The maximum Gasteiger partial charge on any atom is 0.227 e. The van der Waals surface area contributed by atoms with Crippen LogP contribution in [0.4, 0.5) is 0 Å². The molecule has 0 radical (unpaired) electrons. The van der Waals surface area contributed by atoms with E-state index in [0.29, 0.717) is 36.4 Å². The van der Waals surface area contributed by atoms with Crippen molar-refractivity contribution in [2.45, 2.75) is 39.8 Å². The zero-order valence-electron chi connectivity index (χ0n) is 20.3. The number of aryl methyl sites for hydroxylation is 1. The van der Waals surface area contributed by atoms with E-state index < -0.39 is 5.60 Å². The lowest BCUT2D eigenvalue weighted by Crippen LogP contribution is -2.40. The van der Waals surface area contributed by atoms with Crippen molar-refractivity contribution in [2.75, 3.05) is 20.2 Å². The second-order valence-corrected chi connectivity index (χ2v) is 8.99. The molecule has 0 amide bonds. The molecule has 0 spiro atoms. The Balaban J connectivity index is 2.07. The SMILES string of the molecule is C=CC(C)(O)CN(Cc1c(C)nn(-c2ccccc2)c1Oc1ccccc1OC)CC(C)C. The fraction of sp³-hybridized carbons (Fsp3) is 0.370. The van der Waals surface area contributed by atoms with Gasteiger partial charge in [-0.05, 0) is 44.0 Å². The van der Waals surface area contributed by atoms with Gasteiger partial charge < -0.3 is 14.6 Å². The zero-order chi connectivity index (χ0) is 24.0. The number of nitrogens with zero attached hydrogens (tertiary/aromatic N) is 3. The number of methoxy groups -OCH3 is 1. The largest absolute Gasteiger partial charge is 0.493 e. The van der Waals surface area contributed by atoms with Crippen LogP contribution in [0.5, 0.6) is 17.4 Å². The summed E-state index contributed by atoms with van der Waals surface area (Å²) in [5.41, 5.74) is 1.74. The molecule has 0 bridgehead atoms. The van der Waals surface area contributed by atoms with Crippen molar-refractivity contribution < 1.29 is 14.6 Å². The summed E-state index contributed by atoms with van der Waals surface area (Å²) in [6.45, 7) is 13.7. The van der Waals surface area contributed by atoms with Gasteiger partial charge in [-0.3, -0.25) is 4.90 Å². The third-order valence-corrected chi connectivity index (χ3v) is 5.40.